The van der Waals surface area contributed by atoms with Gasteiger partial charge < -0.3 is 5.32 Å². The Balaban J connectivity index is 1.45. The molecule has 0 spiro atoms. The van der Waals surface area contributed by atoms with Gasteiger partial charge in [-0.15, -0.1) is 10.2 Å². The topological polar surface area (TPSA) is 42.2 Å². The molecule has 1 aliphatic rings. The lowest BCUT2D eigenvalue weighted by atomic mass is 9.87. The lowest BCUT2D eigenvalue weighted by Crippen LogP contribution is -2.27. The first-order valence-corrected chi connectivity index (χ1v) is 8.11. The van der Waals surface area contributed by atoms with Crippen LogP contribution in [-0.2, 0) is 12.8 Å². The zero-order valence-electron chi connectivity index (χ0n) is 12.9. The van der Waals surface area contributed by atoms with E-state index in [1.165, 1.54) is 5.56 Å². The van der Waals surface area contributed by atoms with Gasteiger partial charge in [-0.1, -0.05) is 12.1 Å². The zero-order valence-corrected chi connectivity index (χ0v) is 12.9. The van der Waals surface area contributed by atoms with E-state index in [0.29, 0.717) is 0 Å². The molecule has 0 aliphatic heterocycles. The molecule has 118 valence electrons. The Morgan fingerprint density at radius 2 is 2.17 bits per heavy atom. The van der Waals surface area contributed by atoms with E-state index < -0.39 is 0 Å². The van der Waals surface area contributed by atoms with Crippen LogP contribution >= 0.6 is 0 Å². The molecule has 0 saturated carbocycles. The van der Waals surface area contributed by atoms with Crippen molar-refractivity contribution in [2.45, 2.75) is 31.7 Å². The van der Waals surface area contributed by atoms with E-state index in [4.69, 9.17) is 0 Å². The summed E-state index contributed by atoms with van der Waals surface area (Å²) in [5, 5.41) is 12.0. The van der Waals surface area contributed by atoms with Gasteiger partial charge in [0.25, 0.3) is 0 Å². The Morgan fingerprint density at radius 1 is 1.22 bits per heavy atom. The maximum Gasteiger partial charge on any atom is 0.160 e. The Morgan fingerprint density at radius 3 is 3.13 bits per heavy atom. The van der Waals surface area contributed by atoms with Crippen LogP contribution in [0.2, 0.25) is 0 Å². The Bertz CT molecular complexity index is 827. The third-order valence-electron chi connectivity index (χ3n) is 4.55. The summed E-state index contributed by atoms with van der Waals surface area (Å²) in [4.78, 5) is 0. The summed E-state index contributed by atoms with van der Waals surface area (Å²) in [5.41, 5.74) is 3.25. The van der Waals surface area contributed by atoms with Crippen molar-refractivity contribution in [1.82, 2.24) is 19.9 Å². The standard InChI is InChI=1S/C18H19FN4/c19-14-8-7-13-4-3-5-16(15(13)12-14)20-10-9-18-22-21-17-6-1-2-11-23(17)18/h1-2,6-8,11-12,16,20H,3-5,9-10H2/t16-/m0/s1. The maximum absolute atomic E-state index is 13.5. The first-order valence-electron chi connectivity index (χ1n) is 8.11. The molecule has 0 amide bonds. The van der Waals surface area contributed by atoms with Crippen molar-refractivity contribution in [1.29, 1.82) is 0 Å². The van der Waals surface area contributed by atoms with Gasteiger partial charge in [0.15, 0.2) is 5.65 Å². The summed E-state index contributed by atoms with van der Waals surface area (Å²) in [7, 11) is 0. The predicted octanol–water partition coefficient (Wildman–Crippen LogP) is 3.08. The number of aryl methyl sites for hydroxylation is 1. The van der Waals surface area contributed by atoms with Gasteiger partial charge in [0.1, 0.15) is 11.6 Å². The maximum atomic E-state index is 13.5. The number of pyridine rings is 1. The fraction of sp³-hybridized carbons (Fsp3) is 0.333. The van der Waals surface area contributed by atoms with Crippen molar-refractivity contribution >= 4 is 5.65 Å². The third kappa shape index (κ3) is 2.84. The third-order valence-corrected chi connectivity index (χ3v) is 4.55. The summed E-state index contributed by atoms with van der Waals surface area (Å²) in [6.07, 6.45) is 6.02. The quantitative estimate of drug-likeness (QED) is 0.805. The van der Waals surface area contributed by atoms with Crippen LogP contribution < -0.4 is 5.32 Å². The molecule has 5 heteroatoms. The molecule has 1 atom stereocenters. The molecule has 4 nitrogen and oxygen atoms in total. The molecule has 0 saturated heterocycles. The fourth-order valence-corrected chi connectivity index (χ4v) is 3.40. The number of fused-ring (bicyclic) bond motifs is 2. The summed E-state index contributed by atoms with van der Waals surface area (Å²) in [6.45, 7) is 0.802. The highest BCUT2D eigenvalue weighted by Gasteiger charge is 2.20. The highest BCUT2D eigenvalue weighted by Crippen LogP contribution is 2.30. The normalized spacial score (nSPS) is 17.3. The van der Waals surface area contributed by atoms with Crippen LogP contribution in [0.4, 0.5) is 4.39 Å². The molecule has 4 rings (SSSR count). The molecule has 1 N–H and O–H groups in total. The number of nitrogens with one attached hydrogen (secondary N) is 1. The predicted molar refractivity (Wildman–Crippen MR) is 86.8 cm³/mol. The van der Waals surface area contributed by atoms with Crippen molar-refractivity contribution in [3.05, 3.63) is 65.4 Å². The van der Waals surface area contributed by atoms with Crippen LogP contribution in [0.1, 0.15) is 35.8 Å². The van der Waals surface area contributed by atoms with Gasteiger partial charge in [0, 0.05) is 25.2 Å². The van der Waals surface area contributed by atoms with Crippen molar-refractivity contribution in [3.63, 3.8) is 0 Å². The van der Waals surface area contributed by atoms with E-state index in [0.717, 1.165) is 49.3 Å². The van der Waals surface area contributed by atoms with Crippen molar-refractivity contribution < 1.29 is 4.39 Å². The summed E-state index contributed by atoms with van der Waals surface area (Å²) in [6, 6.07) is 11.3. The first-order chi connectivity index (χ1) is 11.3. The van der Waals surface area contributed by atoms with Crippen molar-refractivity contribution in [3.8, 4) is 0 Å². The number of hydrogen-bond donors (Lipinski definition) is 1. The molecule has 0 radical (unpaired) electrons. The molecule has 0 bridgehead atoms. The van der Waals surface area contributed by atoms with Gasteiger partial charge >= 0.3 is 0 Å². The molecule has 0 unspecified atom stereocenters. The molecule has 1 aliphatic carbocycles. The second kappa shape index (κ2) is 6.08. The van der Waals surface area contributed by atoms with Crippen LogP contribution in [0, 0.1) is 5.82 Å². The average molecular weight is 310 g/mol. The van der Waals surface area contributed by atoms with Gasteiger partial charge in [-0.05, 0) is 54.7 Å². The molecule has 2 aromatic heterocycles. The molecular formula is C18H19FN4. The van der Waals surface area contributed by atoms with Gasteiger partial charge in [-0.2, -0.15) is 0 Å². The highest BCUT2D eigenvalue weighted by molar-refractivity contribution is 5.37. The van der Waals surface area contributed by atoms with E-state index in [-0.39, 0.29) is 11.9 Å². The summed E-state index contributed by atoms with van der Waals surface area (Å²) < 4.78 is 15.5. The van der Waals surface area contributed by atoms with Gasteiger partial charge in [-0.25, -0.2) is 4.39 Å². The van der Waals surface area contributed by atoms with E-state index in [9.17, 15) is 4.39 Å². The number of nitrogens with zero attached hydrogens (tertiary/aromatic N) is 3. The average Bonchev–Trinajstić information content (AvgIpc) is 2.99. The fourth-order valence-electron chi connectivity index (χ4n) is 3.40. The number of benzene rings is 1. The smallest absolute Gasteiger partial charge is 0.160 e. The lowest BCUT2D eigenvalue weighted by Gasteiger charge is -2.26. The molecule has 1 aromatic carbocycles. The molecule has 23 heavy (non-hydrogen) atoms. The SMILES string of the molecule is Fc1ccc2c(c1)[C@@H](NCCc1nnc3ccccn13)CCC2. The first kappa shape index (κ1) is 14.3. The lowest BCUT2D eigenvalue weighted by molar-refractivity contribution is 0.457. The second-order valence-corrected chi connectivity index (χ2v) is 6.04. The van der Waals surface area contributed by atoms with Crippen LogP contribution in [-0.4, -0.2) is 21.1 Å². The molecule has 3 aromatic rings. The molecule has 2 heterocycles. The van der Waals surface area contributed by atoms with Crippen LogP contribution in [0.25, 0.3) is 5.65 Å². The largest absolute Gasteiger partial charge is 0.309 e. The van der Waals surface area contributed by atoms with Gasteiger partial charge in [0.05, 0.1) is 0 Å². The van der Waals surface area contributed by atoms with Gasteiger partial charge in [0.2, 0.25) is 0 Å². The van der Waals surface area contributed by atoms with Crippen molar-refractivity contribution in [2.24, 2.45) is 0 Å². The van der Waals surface area contributed by atoms with Crippen molar-refractivity contribution in [2.75, 3.05) is 6.54 Å². The number of aromatic nitrogens is 3. The minimum Gasteiger partial charge on any atom is -0.309 e. The van der Waals surface area contributed by atoms with E-state index >= 15 is 0 Å². The minimum absolute atomic E-state index is 0.152. The Hall–Kier alpha value is -2.27. The van der Waals surface area contributed by atoms with E-state index in [2.05, 4.69) is 15.5 Å². The summed E-state index contributed by atoms with van der Waals surface area (Å²) >= 11 is 0. The minimum atomic E-state index is -0.152. The zero-order chi connectivity index (χ0) is 15.6. The molecular weight excluding hydrogens is 291 g/mol. The Kier molecular flexibility index (Phi) is 3.79. The summed E-state index contributed by atoms with van der Waals surface area (Å²) in [5.74, 6) is 0.796. The Labute approximate surface area is 134 Å². The van der Waals surface area contributed by atoms with Crippen LogP contribution in [0.15, 0.2) is 42.6 Å². The number of rotatable bonds is 4. The van der Waals surface area contributed by atoms with Gasteiger partial charge in [-0.3, -0.25) is 4.40 Å². The van der Waals surface area contributed by atoms with Crippen LogP contribution in [0.5, 0.6) is 0 Å². The monoisotopic (exact) mass is 310 g/mol. The van der Waals surface area contributed by atoms with E-state index in [1.54, 1.807) is 12.1 Å². The second-order valence-electron chi connectivity index (χ2n) is 6.04. The number of halogens is 1. The number of hydrogen-bond acceptors (Lipinski definition) is 3. The van der Waals surface area contributed by atoms with Crippen LogP contribution in [0.3, 0.4) is 0 Å². The van der Waals surface area contributed by atoms with E-state index in [1.807, 2.05) is 34.9 Å². The highest BCUT2D eigenvalue weighted by atomic mass is 19.1. The molecule has 0 fully saturated rings.